The Bertz CT molecular complexity index is 746. The maximum atomic E-state index is 9.57. The molecule has 2 aromatic heterocycles. The van der Waals surface area contributed by atoms with Gasteiger partial charge in [-0.3, -0.25) is 0 Å². The van der Waals surface area contributed by atoms with Gasteiger partial charge in [-0.15, -0.1) is 0 Å². The van der Waals surface area contributed by atoms with Crippen LogP contribution in [0, 0.1) is 5.92 Å². The van der Waals surface area contributed by atoms with Crippen LogP contribution >= 0.6 is 11.6 Å². The van der Waals surface area contributed by atoms with Gasteiger partial charge in [0.05, 0.1) is 6.33 Å². The van der Waals surface area contributed by atoms with Crippen LogP contribution in [-0.4, -0.2) is 38.2 Å². The van der Waals surface area contributed by atoms with Crippen LogP contribution in [0.1, 0.15) is 5.56 Å². The second-order valence-corrected chi connectivity index (χ2v) is 5.40. The molecule has 6 nitrogen and oxygen atoms in total. The molecule has 7 heteroatoms. The number of fused-ring (bicyclic) bond motifs is 1. The fourth-order valence-corrected chi connectivity index (χ4v) is 2.49. The number of nitrogens with zero attached hydrogens (tertiary/aromatic N) is 3. The number of nitrogens with one attached hydrogen (secondary N) is 2. The van der Waals surface area contributed by atoms with E-state index in [1.165, 1.54) is 5.56 Å². The van der Waals surface area contributed by atoms with Gasteiger partial charge in [0.1, 0.15) is 5.52 Å². The van der Waals surface area contributed by atoms with Crippen LogP contribution in [0.15, 0.2) is 36.7 Å². The van der Waals surface area contributed by atoms with Crippen molar-refractivity contribution in [1.82, 2.24) is 19.9 Å². The van der Waals surface area contributed by atoms with Crippen molar-refractivity contribution < 1.29 is 5.11 Å². The van der Waals surface area contributed by atoms with Crippen LogP contribution in [0.2, 0.25) is 5.28 Å². The Balaban J connectivity index is 1.70. The van der Waals surface area contributed by atoms with Gasteiger partial charge in [0.15, 0.2) is 11.5 Å². The number of aliphatic hydroxyl groups excluding tert-OH is 1. The molecule has 0 aliphatic heterocycles. The molecule has 0 aliphatic rings. The summed E-state index contributed by atoms with van der Waals surface area (Å²) >= 11 is 5.89. The second-order valence-electron chi connectivity index (χ2n) is 5.06. The van der Waals surface area contributed by atoms with Gasteiger partial charge in [-0.25, -0.2) is 4.98 Å². The van der Waals surface area contributed by atoms with E-state index >= 15 is 0 Å². The minimum absolute atomic E-state index is 0.0779. The highest BCUT2D eigenvalue weighted by molar-refractivity contribution is 6.28. The zero-order chi connectivity index (χ0) is 15.4. The molecular formula is C15H16ClN5O. The van der Waals surface area contributed by atoms with Gasteiger partial charge in [-0.2, -0.15) is 9.97 Å². The highest BCUT2D eigenvalue weighted by Gasteiger charge is 2.12. The Labute approximate surface area is 132 Å². The first kappa shape index (κ1) is 14.7. The topological polar surface area (TPSA) is 86.7 Å². The molecule has 1 atom stereocenters. The van der Waals surface area contributed by atoms with Crippen LogP contribution in [-0.2, 0) is 6.42 Å². The first-order valence-corrected chi connectivity index (χ1v) is 7.39. The molecule has 0 spiro atoms. The molecule has 0 fully saturated rings. The predicted molar refractivity (Wildman–Crippen MR) is 85.9 cm³/mol. The van der Waals surface area contributed by atoms with Gasteiger partial charge in [0.25, 0.3) is 0 Å². The molecule has 0 aliphatic carbocycles. The number of anilines is 1. The second kappa shape index (κ2) is 6.72. The molecule has 114 valence electrons. The van der Waals surface area contributed by atoms with Crippen molar-refractivity contribution in [3.05, 3.63) is 47.5 Å². The van der Waals surface area contributed by atoms with Crippen LogP contribution in [0.5, 0.6) is 0 Å². The Morgan fingerprint density at radius 2 is 2.05 bits per heavy atom. The van der Waals surface area contributed by atoms with Crippen molar-refractivity contribution in [2.75, 3.05) is 18.5 Å². The van der Waals surface area contributed by atoms with E-state index < -0.39 is 0 Å². The number of H-pyrrole nitrogens is 1. The van der Waals surface area contributed by atoms with E-state index in [0.717, 1.165) is 6.42 Å². The summed E-state index contributed by atoms with van der Waals surface area (Å²) in [5, 5.41) is 12.9. The molecule has 1 aromatic carbocycles. The van der Waals surface area contributed by atoms with Crippen LogP contribution in [0.3, 0.4) is 0 Å². The van der Waals surface area contributed by atoms with Crippen molar-refractivity contribution in [1.29, 1.82) is 0 Å². The Hall–Kier alpha value is -2.18. The van der Waals surface area contributed by atoms with E-state index in [4.69, 9.17) is 11.6 Å². The average Bonchev–Trinajstić information content (AvgIpc) is 3.00. The number of aromatic amines is 1. The fourth-order valence-electron chi connectivity index (χ4n) is 2.32. The summed E-state index contributed by atoms with van der Waals surface area (Å²) in [6.07, 6.45) is 2.34. The Morgan fingerprint density at radius 3 is 2.82 bits per heavy atom. The molecule has 0 bridgehead atoms. The monoisotopic (exact) mass is 317 g/mol. The lowest BCUT2D eigenvalue weighted by atomic mass is 10.00. The fraction of sp³-hybridized carbons (Fsp3) is 0.267. The number of hydrogen-bond acceptors (Lipinski definition) is 5. The van der Waals surface area contributed by atoms with Gasteiger partial charge in [-0.05, 0) is 23.6 Å². The highest BCUT2D eigenvalue weighted by atomic mass is 35.5. The maximum Gasteiger partial charge on any atom is 0.226 e. The van der Waals surface area contributed by atoms with E-state index in [1.54, 1.807) is 6.33 Å². The molecule has 0 saturated carbocycles. The number of aromatic nitrogens is 4. The lowest BCUT2D eigenvalue weighted by Crippen LogP contribution is -2.21. The molecule has 3 aromatic rings. The molecule has 3 rings (SSSR count). The molecule has 2 heterocycles. The number of hydrogen-bond donors (Lipinski definition) is 3. The van der Waals surface area contributed by atoms with Gasteiger partial charge in [0.2, 0.25) is 5.28 Å². The lowest BCUT2D eigenvalue weighted by Gasteiger charge is -2.15. The van der Waals surface area contributed by atoms with E-state index in [2.05, 4.69) is 37.4 Å². The van der Waals surface area contributed by atoms with Crippen LogP contribution in [0.4, 0.5) is 5.82 Å². The third-order valence-corrected chi connectivity index (χ3v) is 3.61. The zero-order valence-corrected chi connectivity index (χ0v) is 12.6. The maximum absolute atomic E-state index is 9.57. The third kappa shape index (κ3) is 3.35. The Morgan fingerprint density at radius 1 is 1.23 bits per heavy atom. The van der Waals surface area contributed by atoms with E-state index in [0.29, 0.717) is 23.5 Å². The Kier molecular flexibility index (Phi) is 4.50. The van der Waals surface area contributed by atoms with Crippen LogP contribution < -0.4 is 5.32 Å². The first-order chi connectivity index (χ1) is 10.8. The number of rotatable bonds is 6. The molecule has 3 N–H and O–H groups in total. The largest absolute Gasteiger partial charge is 0.396 e. The zero-order valence-electron chi connectivity index (χ0n) is 11.8. The van der Waals surface area contributed by atoms with Crippen molar-refractivity contribution in [3.8, 4) is 0 Å². The van der Waals surface area contributed by atoms with E-state index in [-0.39, 0.29) is 17.8 Å². The molecule has 1 unspecified atom stereocenters. The van der Waals surface area contributed by atoms with Crippen LogP contribution in [0.25, 0.3) is 11.2 Å². The summed E-state index contributed by atoms with van der Waals surface area (Å²) in [5.41, 5.74) is 2.42. The summed E-state index contributed by atoms with van der Waals surface area (Å²) < 4.78 is 0. The normalized spacial score (nSPS) is 12.5. The van der Waals surface area contributed by atoms with E-state index in [9.17, 15) is 5.11 Å². The summed E-state index contributed by atoms with van der Waals surface area (Å²) in [5.74, 6) is 0.674. The standard InChI is InChI=1S/C15H16ClN5O/c16-15-20-13(12-14(21-15)19-9-18-12)17-7-11(8-22)6-10-4-2-1-3-5-10/h1-5,9,11,22H,6-8H2,(H2,17,18,19,20,21). The van der Waals surface area contributed by atoms with Crippen molar-refractivity contribution >= 4 is 28.6 Å². The molecular weight excluding hydrogens is 302 g/mol. The molecule has 0 amide bonds. The first-order valence-electron chi connectivity index (χ1n) is 7.01. The quantitative estimate of drug-likeness (QED) is 0.607. The van der Waals surface area contributed by atoms with Crippen molar-refractivity contribution in [2.24, 2.45) is 5.92 Å². The number of imidazole rings is 1. The van der Waals surface area contributed by atoms with Gasteiger partial charge < -0.3 is 15.4 Å². The van der Waals surface area contributed by atoms with Gasteiger partial charge >= 0.3 is 0 Å². The number of halogens is 1. The van der Waals surface area contributed by atoms with Crippen molar-refractivity contribution in [2.45, 2.75) is 6.42 Å². The highest BCUT2D eigenvalue weighted by Crippen LogP contribution is 2.19. The summed E-state index contributed by atoms with van der Waals surface area (Å²) in [4.78, 5) is 15.3. The van der Waals surface area contributed by atoms with E-state index in [1.807, 2.05) is 18.2 Å². The molecule has 0 radical (unpaired) electrons. The predicted octanol–water partition coefficient (Wildman–Crippen LogP) is 2.27. The van der Waals surface area contributed by atoms with Gasteiger partial charge in [-0.1, -0.05) is 30.3 Å². The summed E-state index contributed by atoms with van der Waals surface area (Å²) in [7, 11) is 0. The number of benzene rings is 1. The minimum Gasteiger partial charge on any atom is -0.396 e. The molecule has 0 saturated heterocycles. The SMILES string of the molecule is OCC(CNc1nc(Cl)nc2nc[nH]c12)Cc1ccccc1. The van der Waals surface area contributed by atoms with Gasteiger partial charge in [0, 0.05) is 19.1 Å². The minimum atomic E-state index is 0.0779. The lowest BCUT2D eigenvalue weighted by molar-refractivity contribution is 0.232. The molecule has 22 heavy (non-hydrogen) atoms. The number of aliphatic hydroxyl groups is 1. The summed E-state index contributed by atoms with van der Waals surface area (Å²) in [6.45, 7) is 0.666. The summed E-state index contributed by atoms with van der Waals surface area (Å²) in [6, 6.07) is 10.1. The smallest absolute Gasteiger partial charge is 0.226 e. The third-order valence-electron chi connectivity index (χ3n) is 3.44. The van der Waals surface area contributed by atoms with Crippen molar-refractivity contribution in [3.63, 3.8) is 0 Å². The average molecular weight is 318 g/mol.